The number of benzene rings is 1. The number of aromatic hydroxyl groups is 1. The van der Waals surface area contributed by atoms with Crippen molar-refractivity contribution in [3.63, 3.8) is 0 Å². The Morgan fingerprint density at radius 2 is 2.00 bits per heavy atom. The Morgan fingerprint density at radius 3 is 2.78 bits per heavy atom. The number of para-hydroxylation sites is 2. The molecule has 1 saturated heterocycles. The fourth-order valence-electron chi connectivity index (χ4n) is 3.16. The van der Waals surface area contributed by atoms with Crippen LogP contribution in [0.1, 0.15) is 38.5 Å². The van der Waals surface area contributed by atoms with Gasteiger partial charge in [0, 0.05) is 0 Å². The lowest BCUT2D eigenvalue weighted by Crippen LogP contribution is -2.27. The van der Waals surface area contributed by atoms with Crippen LogP contribution in [0.15, 0.2) is 24.3 Å². The molecule has 1 N–H and O–H groups in total. The van der Waals surface area contributed by atoms with Crippen LogP contribution in [0.25, 0.3) is 0 Å². The zero-order valence-electron chi connectivity index (χ0n) is 10.6. The first-order chi connectivity index (χ1) is 8.77. The van der Waals surface area contributed by atoms with E-state index in [4.69, 9.17) is 9.47 Å². The summed E-state index contributed by atoms with van der Waals surface area (Å²) in [6, 6.07) is 7.09. The van der Waals surface area contributed by atoms with Crippen LogP contribution in [0.4, 0.5) is 0 Å². The Labute approximate surface area is 108 Å². The Kier molecular flexibility index (Phi) is 3.16. The maximum Gasteiger partial charge on any atom is 0.161 e. The fourth-order valence-corrected chi connectivity index (χ4v) is 3.16. The molecule has 1 saturated carbocycles. The van der Waals surface area contributed by atoms with Gasteiger partial charge in [0.15, 0.2) is 11.5 Å². The summed E-state index contributed by atoms with van der Waals surface area (Å²) in [6.45, 7) is 0.541. The average Bonchev–Trinajstić information content (AvgIpc) is 3.00. The van der Waals surface area contributed by atoms with Crippen LogP contribution in [0.3, 0.4) is 0 Å². The number of hydrogen-bond donors (Lipinski definition) is 1. The lowest BCUT2D eigenvalue weighted by molar-refractivity contribution is -0.0510. The van der Waals surface area contributed by atoms with Gasteiger partial charge in [0.2, 0.25) is 0 Å². The predicted molar refractivity (Wildman–Crippen MR) is 68.9 cm³/mol. The van der Waals surface area contributed by atoms with Gasteiger partial charge in [-0.25, -0.2) is 0 Å². The molecule has 98 valence electrons. The van der Waals surface area contributed by atoms with Gasteiger partial charge in [0.05, 0.1) is 11.7 Å². The molecule has 2 fully saturated rings. The van der Waals surface area contributed by atoms with Gasteiger partial charge >= 0.3 is 0 Å². The smallest absolute Gasteiger partial charge is 0.161 e. The second-order valence-electron chi connectivity index (χ2n) is 5.45. The van der Waals surface area contributed by atoms with Crippen molar-refractivity contribution in [2.24, 2.45) is 0 Å². The average molecular weight is 248 g/mol. The minimum atomic E-state index is 0.159. The molecule has 0 radical (unpaired) electrons. The van der Waals surface area contributed by atoms with Crippen LogP contribution < -0.4 is 4.74 Å². The Morgan fingerprint density at radius 1 is 1.22 bits per heavy atom. The molecule has 3 rings (SSSR count). The van der Waals surface area contributed by atoms with Crippen molar-refractivity contribution in [1.82, 2.24) is 0 Å². The molecule has 2 aliphatic rings. The lowest BCUT2D eigenvalue weighted by atomic mass is 9.98. The Balaban J connectivity index is 1.54. The molecule has 0 bridgehead atoms. The van der Waals surface area contributed by atoms with E-state index in [1.807, 2.05) is 6.07 Å². The second-order valence-corrected chi connectivity index (χ2v) is 5.45. The molecule has 3 heteroatoms. The second kappa shape index (κ2) is 4.81. The summed E-state index contributed by atoms with van der Waals surface area (Å²) < 4.78 is 11.8. The normalized spacial score (nSPS) is 25.7. The van der Waals surface area contributed by atoms with Gasteiger partial charge in [0.25, 0.3) is 0 Å². The largest absolute Gasteiger partial charge is 0.504 e. The van der Waals surface area contributed by atoms with Crippen LogP contribution in [-0.4, -0.2) is 23.4 Å². The van der Waals surface area contributed by atoms with E-state index in [0.717, 1.165) is 6.42 Å². The molecule has 1 atom stereocenters. The minimum Gasteiger partial charge on any atom is -0.504 e. The van der Waals surface area contributed by atoms with E-state index in [-0.39, 0.29) is 17.5 Å². The summed E-state index contributed by atoms with van der Waals surface area (Å²) in [4.78, 5) is 0. The highest BCUT2D eigenvalue weighted by atomic mass is 16.6. The quantitative estimate of drug-likeness (QED) is 0.892. The van der Waals surface area contributed by atoms with E-state index < -0.39 is 0 Å². The molecule has 0 amide bonds. The third-order valence-corrected chi connectivity index (χ3v) is 4.14. The lowest BCUT2D eigenvalue weighted by Gasteiger charge is -2.23. The Bertz CT molecular complexity index is 410. The summed E-state index contributed by atoms with van der Waals surface area (Å²) >= 11 is 0. The molecule has 1 heterocycles. The molecule has 1 aliphatic carbocycles. The van der Waals surface area contributed by atoms with Gasteiger partial charge in [0.1, 0.15) is 6.61 Å². The molecule has 0 aromatic heterocycles. The topological polar surface area (TPSA) is 38.7 Å². The third kappa shape index (κ3) is 2.32. The molecule has 1 unspecified atom stereocenters. The first-order valence-electron chi connectivity index (χ1n) is 6.86. The summed E-state index contributed by atoms with van der Waals surface area (Å²) in [5, 5.41) is 9.62. The van der Waals surface area contributed by atoms with Crippen molar-refractivity contribution in [1.29, 1.82) is 0 Å². The molecule has 1 aromatic rings. The first kappa shape index (κ1) is 11.8. The molecule has 1 aliphatic heterocycles. The van der Waals surface area contributed by atoms with E-state index in [1.54, 1.807) is 18.2 Å². The van der Waals surface area contributed by atoms with Gasteiger partial charge < -0.3 is 14.6 Å². The van der Waals surface area contributed by atoms with E-state index in [1.165, 1.54) is 32.1 Å². The van der Waals surface area contributed by atoms with Crippen molar-refractivity contribution in [3.05, 3.63) is 24.3 Å². The Hall–Kier alpha value is -1.22. The van der Waals surface area contributed by atoms with Crippen LogP contribution >= 0.6 is 0 Å². The molecule has 18 heavy (non-hydrogen) atoms. The highest BCUT2D eigenvalue weighted by Gasteiger charge is 2.42. The summed E-state index contributed by atoms with van der Waals surface area (Å²) in [5.41, 5.74) is 0.159. The standard InChI is InChI=1S/C15H20O3/c16-13-5-1-2-6-14(13)17-11-12-7-10-15(18-12)8-3-4-9-15/h1-2,5-6,12,16H,3-4,7-11H2. The monoisotopic (exact) mass is 248 g/mol. The minimum absolute atomic E-state index is 0.159. The van der Waals surface area contributed by atoms with E-state index >= 15 is 0 Å². The summed E-state index contributed by atoms with van der Waals surface area (Å²) in [7, 11) is 0. The maximum absolute atomic E-state index is 9.62. The van der Waals surface area contributed by atoms with E-state index in [2.05, 4.69) is 0 Å². The molecular weight excluding hydrogens is 228 g/mol. The summed E-state index contributed by atoms with van der Waals surface area (Å²) in [5.74, 6) is 0.750. The van der Waals surface area contributed by atoms with E-state index in [0.29, 0.717) is 12.4 Å². The fraction of sp³-hybridized carbons (Fsp3) is 0.600. The number of rotatable bonds is 3. The highest BCUT2D eigenvalue weighted by molar-refractivity contribution is 5.37. The van der Waals surface area contributed by atoms with Crippen molar-refractivity contribution < 1.29 is 14.6 Å². The summed E-state index contributed by atoms with van der Waals surface area (Å²) in [6.07, 6.45) is 7.44. The van der Waals surface area contributed by atoms with Crippen LogP contribution in [0.5, 0.6) is 11.5 Å². The van der Waals surface area contributed by atoms with Crippen molar-refractivity contribution in [3.8, 4) is 11.5 Å². The van der Waals surface area contributed by atoms with Crippen molar-refractivity contribution in [2.75, 3.05) is 6.61 Å². The molecule has 3 nitrogen and oxygen atoms in total. The number of phenolic OH excluding ortho intramolecular Hbond substituents is 1. The van der Waals surface area contributed by atoms with Crippen LogP contribution in [0, 0.1) is 0 Å². The molecule has 1 aromatic carbocycles. The van der Waals surface area contributed by atoms with Crippen molar-refractivity contribution >= 4 is 0 Å². The predicted octanol–water partition coefficient (Wildman–Crippen LogP) is 3.26. The first-order valence-corrected chi connectivity index (χ1v) is 6.86. The van der Waals surface area contributed by atoms with Gasteiger partial charge in [-0.05, 0) is 37.8 Å². The molecule has 1 spiro atoms. The number of hydrogen-bond acceptors (Lipinski definition) is 3. The maximum atomic E-state index is 9.62. The zero-order chi connectivity index (χ0) is 12.4. The number of phenols is 1. The van der Waals surface area contributed by atoms with Gasteiger partial charge in [-0.15, -0.1) is 0 Å². The third-order valence-electron chi connectivity index (χ3n) is 4.14. The number of ether oxygens (including phenoxy) is 2. The van der Waals surface area contributed by atoms with E-state index in [9.17, 15) is 5.11 Å². The highest BCUT2D eigenvalue weighted by Crippen LogP contribution is 2.43. The van der Waals surface area contributed by atoms with Crippen LogP contribution in [-0.2, 0) is 4.74 Å². The van der Waals surface area contributed by atoms with Gasteiger partial charge in [-0.2, -0.15) is 0 Å². The van der Waals surface area contributed by atoms with Crippen molar-refractivity contribution in [2.45, 2.75) is 50.2 Å². The van der Waals surface area contributed by atoms with Gasteiger partial charge in [-0.1, -0.05) is 25.0 Å². The van der Waals surface area contributed by atoms with Gasteiger partial charge in [-0.3, -0.25) is 0 Å². The zero-order valence-corrected chi connectivity index (χ0v) is 10.6. The molecular formula is C15H20O3. The SMILES string of the molecule is Oc1ccccc1OCC1CCC2(CCCC2)O1. The van der Waals surface area contributed by atoms with Crippen LogP contribution in [0.2, 0.25) is 0 Å².